The maximum Gasteiger partial charge on any atom is 0.145 e. The van der Waals surface area contributed by atoms with E-state index in [1.165, 1.54) is 5.56 Å². The van der Waals surface area contributed by atoms with Gasteiger partial charge in [0.2, 0.25) is 0 Å². The third-order valence-electron chi connectivity index (χ3n) is 3.00. The Morgan fingerprint density at radius 2 is 1.82 bits per heavy atom. The van der Waals surface area contributed by atoms with Crippen LogP contribution in [0.2, 0.25) is 0 Å². The Morgan fingerprint density at radius 3 is 2.35 bits per heavy atom. The molecule has 0 aliphatic heterocycles. The van der Waals surface area contributed by atoms with Crippen molar-refractivity contribution in [3.63, 3.8) is 0 Å². The van der Waals surface area contributed by atoms with Gasteiger partial charge >= 0.3 is 0 Å². The van der Waals surface area contributed by atoms with Crippen molar-refractivity contribution in [2.45, 2.75) is 27.2 Å². The molecule has 0 bridgehead atoms. The molecule has 3 nitrogen and oxygen atoms in total. The second-order valence-electron chi connectivity index (χ2n) is 4.10. The first-order valence-electron chi connectivity index (χ1n) is 5.72. The second-order valence-corrected chi connectivity index (χ2v) is 4.89. The van der Waals surface area contributed by atoms with Crippen LogP contribution in [-0.4, -0.2) is 25.4 Å². The molecule has 96 valence electrons. The summed E-state index contributed by atoms with van der Waals surface area (Å²) < 4.78 is 6.59. The average Bonchev–Trinajstić information content (AvgIpc) is 2.33. The summed E-state index contributed by atoms with van der Waals surface area (Å²) in [5.41, 5.74) is 4.49. The second kappa shape index (κ2) is 6.26. The lowest BCUT2D eigenvalue weighted by molar-refractivity contribution is 0.292. The SMILES string of the molecule is COc1c(C)c(C)c(Br)c(C)c1NCCCO. The molecular weight excluding hydrogens is 282 g/mol. The molecule has 2 N–H and O–H groups in total. The van der Waals surface area contributed by atoms with Crippen LogP contribution in [-0.2, 0) is 0 Å². The van der Waals surface area contributed by atoms with Gasteiger partial charge in [0.15, 0.2) is 0 Å². The first kappa shape index (κ1) is 14.3. The molecule has 1 aromatic carbocycles. The monoisotopic (exact) mass is 301 g/mol. The van der Waals surface area contributed by atoms with Gasteiger partial charge in [0.05, 0.1) is 12.8 Å². The molecule has 0 amide bonds. The Kier molecular flexibility index (Phi) is 5.28. The molecule has 0 atom stereocenters. The molecule has 0 unspecified atom stereocenters. The van der Waals surface area contributed by atoms with E-state index in [-0.39, 0.29) is 6.61 Å². The van der Waals surface area contributed by atoms with Gasteiger partial charge in [-0.15, -0.1) is 0 Å². The highest BCUT2D eigenvalue weighted by Crippen LogP contribution is 2.39. The van der Waals surface area contributed by atoms with E-state index in [0.29, 0.717) is 0 Å². The topological polar surface area (TPSA) is 41.5 Å². The summed E-state index contributed by atoms with van der Waals surface area (Å²) in [5.74, 6) is 0.890. The van der Waals surface area contributed by atoms with E-state index in [1.54, 1.807) is 7.11 Å². The van der Waals surface area contributed by atoms with Crippen molar-refractivity contribution < 1.29 is 9.84 Å². The molecule has 0 radical (unpaired) electrons. The zero-order valence-electron chi connectivity index (χ0n) is 10.9. The third kappa shape index (κ3) is 2.93. The van der Waals surface area contributed by atoms with Gasteiger partial charge in [-0.2, -0.15) is 0 Å². The quantitative estimate of drug-likeness (QED) is 0.821. The van der Waals surface area contributed by atoms with Crippen molar-refractivity contribution in [2.24, 2.45) is 0 Å². The van der Waals surface area contributed by atoms with E-state index in [0.717, 1.165) is 40.0 Å². The molecule has 0 aromatic heterocycles. The molecule has 1 rings (SSSR count). The highest BCUT2D eigenvalue weighted by molar-refractivity contribution is 9.10. The molecule has 17 heavy (non-hydrogen) atoms. The summed E-state index contributed by atoms with van der Waals surface area (Å²) >= 11 is 3.61. The van der Waals surface area contributed by atoms with Gasteiger partial charge in [0, 0.05) is 17.6 Å². The normalized spacial score (nSPS) is 10.5. The maximum absolute atomic E-state index is 8.81. The van der Waals surface area contributed by atoms with E-state index in [2.05, 4.69) is 42.0 Å². The van der Waals surface area contributed by atoms with Crippen LogP contribution >= 0.6 is 15.9 Å². The Hall–Kier alpha value is -0.740. The van der Waals surface area contributed by atoms with Crippen molar-refractivity contribution in [3.05, 3.63) is 21.2 Å². The first-order chi connectivity index (χ1) is 8.04. The van der Waals surface area contributed by atoms with E-state index < -0.39 is 0 Å². The molecule has 0 aliphatic rings. The van der Waals surface area contributed by atoms with Gasteiger partial charge in [0.1, 0.15) is 5.75 Å². The van der Waals surface area contributed by atoms with Gasteiger partial charge in [-0.25, -0.2) is 0 Å². The largest absolute Gasteiger partial charge is 0.494 e. The summed E-state index contributed by atoms with van der Waals surface area (Å²) in [7, 11) is 1.69. The fourth-order valence-corrected chi connectivity index (χ4v) is 2.34. The van der Waals surface area contributed by atoms with E-state index in [1.807, 2.05) is 0 Å². The van der Waals surface area contributed by atoms with Gasteiger partial charge in [0.25, 0.3) is 0 Å². The Labute approximate surface area is 111 Å². The molecule has 0 spiro atoms. The van der Waals surface area contributed by atoms with Crippen LogP contribution in [0.1, 0.15) is 23.1 Å². The summed E-state index contributed by atoms with van der Waals surface area (Å²) in [6.07, 6.45) is 0.729. The molecule has 0 fully saturated rings. The summed E-state index contributed by atoms with van der Waals surface area (Å²) in [6.45, 7) is 7.12. The highest BCUT2D eigenvalue weighted by Gasteiger charge is 2.16. The van der Waals surface area contributed by atoms with E-state index in [4.69, 9.17) is 9.84 Å². The fraction of sp³-hybridized carbons (Fsp3) is 0.538. The Balaban J connectivity index is 3.17. The van der Waals surface area contributed by atoms with Crippen LogP contribution < -0.4 is 10.1 Å². The van der Waals surface area contributed by atoms with Crippen LogP contribution in [0, 0.1) is 20.8 Å². The van der Waals surface area contributed by atoms with Crippen LogP contribution in [0.15, 0.2) is 4.47 Å². The number of methoxy groups -OCH3 is 1. The minimum absolute atomic E-state index is 0.195. The van der Waals surface area contributed by atoms with Crippen molar-refractivity contribution >= 4 is 21.6 Å². The Morgan fingerprint density at radius 1 is 1.18 bits per heavy atom. The van der Waals surface area contributed by atoms with Crippen LogP contribution in [0.25, 0.3) is 0 Å². The van der Waals surface area contributed by atoms with Crippen molar-refractivity contribution in [2.75, 3.05) is 25.6 Å². The minimum atomic E-state index is 0.195. The summed E-state index contributed by atoms with van der Waals surface area (Å²) in [6, 6.07) is 0. The van der Waals surface area contributed by atoms with Crippen LogP contribution in [0.5, 0.6) is 5.75 Å². The zero-order valence-corrected chi connectivity index (χ0v) is 12.4. The average molecular weight is 302 g/mol. The molecule has 0 saturated heterocycles. The smallest absolute Gasteiger partial charge is 0.145 e. The van der Waals surface area contributed by atoms with Gasteiger partial charge in [-0.3, -0.25) is 0 Å². The zero-order chi connectivity index (χ0) is 13.0. The van der Waals surface area contributed by atoms with E-state index >= 15 is 0 Å². The third-order valence-corrected chi connectivity index (χ3v) is 4.19. The van der Waals surface area contributed by atoms with E-state index in [9.17, 15) is 0 Å². The maximum atomic E-state index is 8.81. The standard InChI is InChI=1S/C13H20BrNO2/c1-8-9(2)13(17-4)12(10(3)11(8)14)15-6-5-7-16/h15-16H,5-7H2,1-4H3. The lowest BCUT2D eigenvalue weighted by Crippen LogP contribution is -2.08. The molecular formula is C13H20BrNO2. The molecule has 1 aromatic rings. The predicted octanol–water partition coefficient (Wildman–Crippen LogP) is 3.18. The number of anilines is 1. The van der Waals surface area contributed by atoms with Crippen LogP contribution in [0.4, 0.5) is 5.69 Å². The summed E-state index contributed by atoms with van der Waals surface area (Å²) in [4.78, 5) is 0. The van der Waals surface area contributed by atoms with Crippen LogP contribution in [0.3, 0.4) is 0 Å². The number of hydrogen-bond acceptors (Lipinski definition) is 3. The highest BCUT2D eigenvalue weighted by atomic mass is 79.9. The van der Waals surface area contributed by atoms with Gasteiger partial charge in [-0.05, 0) is 43.9 Å². The Bertz CT molecular complexity index is 405. The number of halogens is 1. The van der Waals surface area contributed by atoms with Crippen molar-refractivity contribution in [3.8, 4) is 5.75 Å². The summed E-state index contributed by atoms with van der Waals surface area (Å²) in [5, 5.41) is 12.1. The lowest BCUT2D eigenvalue weighted by atomic mass is 10.0. The molecule has 0 heterocycles. The lowest BCUT2D eigenvalue weighted by Gasteiger charge is -2.19. The number of hydrogen-bond donors (Lipinski definition) is 2. The number of aliphatic hydroxyl groups excluding tert-OH is 1. The van der Waals surface area contributed by atoms with Gasteiger partial charge in [-0.1, -0.05) is 15.9 Å². The number of ether oxygens (including phenoxy) is 1. The molecule has 4 heteroatoms. The predicted molar refractivity (Wildman–Crippen MR) is 75.1 cm³/mol. The van der Waals surface area contributed by atoms with Crippen molar-refractivity contribution in [1.82, 2.24) is 0 Å². The molecule has 0 saturated carbocycles. The first-order valence-corrected chi connectivity index (χ1v) is 6.51. The number of aliphatic hydroxyl groups is 1. The fourth-order valence-electron chi connectivity index (χ4n) is 1.84. The number of nitrogens with one attached hydrogen (secondary N) is 1. The van der Waals surface area contributed by atoms with Gasteiger partial charge < -0.3 is 15.2 Å². The van der Waals surface area contributed by atoms with Crippen molar-refractivity contribution in [1.29, 1.82) is 0 Å². The molecule has 0 aliphatic carbocycles. The number of rotatable bonds is 5. The number of benzene rings is 1. The minimum Gasteiger partial charge on any atom is -0.494 e.